The van der Waals surface area contributed by atoms with Crippen LogP contribution in [0.2, 0.25) is 5.02 Å². The average Bonchev–Trinajstić information content (AvgIpc) is 2.64. The van der Waals surface area contributed by atoms with Gasteiger partial charge in [0.2, 0.25) is 5.78 Å². The van der Waals surface area contributed by atoms with Crippen molar-refractivity contribution in [3.63, 3.8) is 0 Å². The van der Waals surface area contributed by atoms with Gasteiger partial charge < -0.3 is 4.74 Å². The smallest absolute Gasteiger partial charge is 0.416 e. The maximum absolute atomic E-state index is 12.8. The Balaban J connectivity index is 2.54. The SMILES string of the molecule is COC=C(C(=O)c1ccc(Cl)cc1)C(=O)c1ccc(C(F)(F)F)cc1[N+](=O)[O-]. The first kappa shape index (κ1) is 21.1. The number of alkyl halides is 3. The standard InChI is InChI=1S/C18H11ClF3NO5/c1-28-9-14(16(24)10-2-5-12(19)6-3-10)17(25)13-7-4-11(18(20,21)22)8-15(13)23(26)27/h2-9H,1H3. The largest absolute Gasteiger partial charge is 0.503 e. The first-order chi connectivity index (χ1) is 13.1. The van der Waals surface area contributed by atoms with Crippen LogP contribution >= 0.6 is 11.6 Å². The number of hydrogen-bond acceptors (Lipinski definition) is 5. The minimum atomic E-state index is -4.84. The van der Waals surface area contributed by atoms with Gasteiger partial charge in [-0.25, -0.2) is 0 Å². The third-order valence-electron chi connectivity index (χ3n) is 3.60. The van der Waals surface area contributed by atoms with Crippen molar-refractivity contribution in [3.8, 4) is 0 Å². The number of ether oxygens (including phenoxy) is 1. The number of nitro groups is 1. The van der Waals surface area contributed by atoms with E-state index in [1.165, 1.54) is 24.3 Å². The first-order valence-electron chi connectivity index (χ1n) is 7.49. The Morgan fingerprint density at radius 3 is 2.21 bits per heavy atom. The Bertz CT molecular complexity index is 968. The molecule has 10 heteroatoms. The summed E-state index contributed by atoms with van der Waals surface area (Å²) in [6.45, 7) is 0. The highest BCUT2D eigenvalue weighted by Crippen LogP contribution is 2.34. The molecule has 0 aliphatic carbocycles. The van der Waals surface area contributed by atoms with Crippen LogP contribution in [0.25, 0.3) is 0 Å². The number of nitrogens with zero attached hydrogens (tertiary/aromatic N) is 1. The molecular weight excluding hydrogens is 403 g/mol. The molecule has 2 rings (SSSR count). The highest BCUT2D eigenvalue weighted by atomic mass is 35.5. The predicted octanol–water partition coefficient (Wildman–Crippen LogP) is 4.86. The average molecular weight is 414 g/mol. The fraction of sp³-hybridized carbons (Fsp3) is 0.111. The number of hydrogen-bond donors (Lipinski definition) is 0. The lowest BCUT2D eigenvalue weighted by Crippen LogP contribution is -2.16. The van der Waals surface area contributed by atoms with Crippen LogP contribution in [-0.2, 0) is 10.9 Å². The van der Waals surface area contributed by atoms with Crippen molar-refractivity contribution >= 4 is 28.9 Å². The summed E-state index contributed by atoms with van der Waals surface area (Å²) < 4.78 is 43.2. The van der Waals surface area contributed by atoms with Crippen molar-refractivity contribution in [2.24, 2.45) is 0 Å². The minimum Gasteiger partial charge on any atom is -0.503 e. The molecule has 6 nitrogen and oxygen atoms in total. The van der Waals surface area contributed by atoms with Gasteiger partial charge in [0, 0.05) is 16.7 Å². The van der Waals surface area contributed by atoms with Gasteiger partial charge >= 0.3 is 6.18 Å². The molecule has 0 amide bonds. The van der Waals surface area contributed by atoms with Gasteiger partial charge in [0.25, 0.3) is 5.69 Å². The maximum Gasteiger partial charge on any atom is 0.416 e. The van der Waals surface area contributed by atoms with Crippen LogP contribution in [0.4, 0.5) is 18.9 Å². The summed E-state index contributed by atoms with van der Waals surface area (Å²) >= 11 is 5.74. The van der Waals surface area contributed by atoms with Gasteiger partial charge in [-0.3, -0.25) is 19.7 Å². The molecule has 0 radical (unpaired) electrons. The van der Waals surface area contributed by atoms with Crippen LogP contribution in [-0.4, -0.2) is 23.6 Å². The van der Waals surface area contributed by atoms with Gasteiger partial charge in [-0.2, -0.15) is 13.2 Å². The molecule has 28 heavy (non-hydrogen) atoms. The van der Waals surface area contributed by atoms with Gasteiger partial charge in [-0.15, -0.1) is 0 Å². The molecular formula is C18H11ClF3NO5. The number of methoxy groups -OCH3 is 1. The molecule has 146 valence electrons. The quantitative estimate of drug-likeness (QED) is 0.128. The molecule has 0 atom stereocenters. The van der Waals surface area contributed by atoms with Gasteiger partial charge in [0.05, 0.1) is 23.9 Å². The van der Waals surface area contributed by atoms with Crippen molar-refractivity contribution in [3.05, 3.63) is 86.1 Å². The van der Waals surface area contributed by atoms with E-state index in [0.717, 1.165) is 13.4 Å². The second-order valence-electron chi connectivity index (χ2n) is 5.42. The second kappa shape index (κ2) is 8.22. The monoisotopic (exact) mass is 413 g/mol. The zero-order valence-electron chi connectivity index (χ0n) is 14.1. The van der Waals surface area contributed by atoms with E-state index in [1.807, 2.05) is 0 Å². The molecule has 0 heterocycles. The van der Waals surface area contributed by atoms with E-state index < -0.39 is 45.1 Å². The van der Waals surface area contributed by atoms with Crippen molar-refractivity contribution in [2.75, 3.05) is 7.11 Å². The van der Waals surface area contributed by atoms with E-state index in [-0.39, 0.29) is 11.6 Å². The van der Waals surface area contributed by atoms with Crippen LogP contribution in [0.5, 0.6) is 0 Å². The summed E-state index contributed by atoms with van der Waals surface area (Å²) in [5.74, 6) is -1.99. The van der Waals surface area contributed by atoms with Crippen molar-refractivity contribution in [2.45, 2.75) is 6.18 Å². The van der Waals surface area contributed by atoms with Crippen molar-refractivity contribution in [1.82, 2.24) is 0 Å². The second-order valence-corrected chi connectivity index (χ2v) is 5.86. The summed E-state index contributed by atoms with van der Waals surface area (Å²) in [6, 6.07) is 6.85. The van der Waals surface area contributed by atoms with E-state index >= 15 is 0 Å². The summed E-state index contributed by atoms with van der Waals surface area (Å²) in [7, 11) is 1.14. The Morgan fingerprint density at radius 2 is 1.71 bits per heavy atom. The highest BCUT2D eigenvalue weighted by molar-refractivity contribution is 6.32. The van der Waals surface area contributed by atoms with Crippen molar-refractivity contribution in [1.29, 1.82) is 0 Å². The highest BCUT2D eigenvalue weighted by Gasteiger charge is 2.35. The number of nitro benzene ring substituents is 1. The summed E-state index contributed by atoms with van der Waals surface area (Å²) in [5.41, 5.74) is -3.60. The number of allylic oxidation sites excluding steroid dienone is 1. The molecule has 2 aromatic rings. The lowest BCUT2D eigenvalue weighted by Gasteiger charge is -2.10. The molecule has 0 saturated heterocycles. The minimum absolute atomic E-state index is 0.0376. The molecule has 0 N–H and O–H groups in total. The van der Waals surface area contributed by atoms with Gasteiger partial charge in [-0.05, 0) is 36.4 Å². The number of halogens is 4. The third kappa shape index (κ3) is 4.55. The molecule has 0 aliphatic heterocycles. The number of carbonyl (C=O) groups is 2. The Labute approximate surface area is 161 Å². The first-order valence-corrected chi connectivity index (χ1v) is 7.87. The van der Waals surface area contributed by atoms with Crippen LogP contribution < -0.4 is 0 Å². The van der Waals surface area contributed by atoms with Gasteiger partial charge in [0.1, 0.15) is 11.1 Å². The van der Waals surface area contributed by atoms with Gasteiger partial charge in [-0.1, -0.05) is 11.6 Å². The fourth-order valence-electron chi connectivity index (χ4n) is 2.28. The zero-order valence-corrected chi connectivity index (χ0v) is 14.9. The number of benzene rings is 2. The van der Waals surface area contributed by atoms with E-state index in [9.17, 15) is 32.9 Å². The molecule has 0 spiro atoms. The topological polar surface area (TPSA) is 86.5 Å². The van der Waals surface area contributed by atoms with Crippen LogP contribution in [0.15, 0.2) is 54.3 Å². The van der Waals surface area contributed by atoms with E-state index in [0.29, 0.717) is 17.2 Å². The Morgan fingerprint density at radius 1 is 1.11 bits per heavy atom. The predicted molar refractivity (Wildman–Crippen MR) is 93.3 cm³/mol. The Kier molecular flexibility index (Phi) is 6.19. The van der Waals surface area contributed by atoms with Crippen LogP contribution in [0.3, 0.4) is 0 Å². The maximum atomic E-state index is 12.8. The van der Waals surface area contributed by atoms with Crippen molar-refractivity contribution < 1.29 is 32.4 Å². The van der Waals surface area contributed by atoms with Crippen LogP contribution in [0.1, 0.15) is 26.3 Å². The van der Waals surface area contributed by atoms with E-state index in [2.05, 4.69) is 0 Å². The summed E-state index contributed by atoms with van der Waals surface area (Å²) in [4.78, 5) is 35.4. The molecule has 0 aromatic heterocycles. The normalized spacial score (nSPS) is 11.8. The molecule has 0 saturated carbocycles. The van der Waals surface area contributed by atoms with Gasteiger partial charge in [0.15, 0.2) is 5.78 Å². The molecule has 0 fully saturated rings. The molecule has 0 unspecified atom stereocenters. The Hall–Kier alpha value is -3.20. The summed E-state index contributed by atoms with van der Waals surface area (Å²) in [5, 5.41) is 11.5. The number of carbonyl (C=O) groups excluding carboxylic acids is 2. The number of ketones is 2. The zero-order chi connectivity index (χ0) is 21.1. The lowest BCUT2D eigenvalue weighted by molar-refractivity contribution is -0.385. The fourth-order valence-corrected chi connectivity index (χ4v) is 2.41. The molecule has 2 aromatic carbocycles. The molecule has 0 bridgehead atoms. The number of rotatable bonds is 6. The molecule has 0 aliphatic rings. The lowest BCUT2D eigenvalue weighted by atomic mass is 9.95. The van der Waals surface area contributed by atoms with E-state index in [4.69, 9.17) is 16.3 Å². The summed E-state index contributed by atoms with van der Waals surface area (Å²) in [6.07, 6.45) is -4.06. The third-order valence-corrected chi connectivity index (χ3v) is 3.85. The van der Waals surface area contributed by atoms with Crippen LogP contribution in [0, 0.1) is 10.1 Å². The van der Waals surface area contributed by atoms with E-state index in [1.54, 1.807) is 0 Å². The number of Topliss-reactive ketones (excluding diaryl/α,β-unsaturated/α-hetero) is 2.